The van der Waals surface area contributed by atoms with E-state index in [4.69, 9.17) is 0 Å². The summed E-state index contributed by atoms with van der Waals surface area (Å²) in [4.78, 5) is 35.6. The summed E-state index contributed by atoms with van der Waals surface area (Å²) in [5.41, 5.74) is 5.68. The minimum Gasteiger partial charge on any atom is -0.333 e. The molecule has 3 amide bonds. The number of hydrogen-bond donors (Lipinski definition) is 2. The summed E-state index contributed by atoms with van der Waals surface area (Å²) < 4.78 is 0. The molecule has 20 heavy (non-hydrogen) atoms. The number of benzene rings is 1. The maximum Gasteiger partial charge on any atom is 0.429 e. The Labute approximate surface area is 113 Å². The number of aromatic amines is 1. The molecular formula is C12H12N4O4. The monoisotopic (exact) mass is 276 g/mol. The van der Waals surface area contributed by atoms with Gasteiger partial charge in [0.05, 0.1) is 11.7 Å². The van der Waals surface area contributed by atoms with Crippen LogP contribution in [0.15, 0.2) is 30.5 Å². The number of H-pyrrole nitrogens is 1. The third-order valence-corrected chi connectivity index (χ3v) is 2.54. The second-order valence-corrected chi connectivity index (χ2v) is 3.95. The van der Waals surface area contributed by atoms with E-state index in [1.54, 1.807) is 0 Å². The Balaban J connectivity index is 0.000000149. The van der Waals surface area contributed by atoms with Crippen molar-refractivity contribution >= 4 is 28.8 Å². The van der Waals surface area contributed by atoms with Crippen LogP contribution in [0.25, 0.3) is 10.9 Å². The zero-order chi connectivity index (χ0) is 14.5. The predicted octanol–water partition coefficient (Wildman–Crippen LogP) is 0.709. The Hall–Kier alpha value is -2.90. The Morgan fingerprint density at radius 3 is 2.50 bits per heavy atom. The topological polar surface area (TPSA) is 118 Å². The smallest absolute Gasteiger partial charge is 0.333 e. The van der Waals surface area contributed by atoms with Crippen molar-refractivity contribution in [2.75, 3.05) is 0 Å². The Kier molecular flexibility index (Phi) is 3.94. The highest BCUT2D eigenvalue weighted by molar-refractivity contribution is 6.01. The molecule has 1 fully saturated rings. The molecule has 1 aromatic heterocycles. The largest absolute Gasteiger partial charge is 0.429 e. The lowest BCUT2D eigenvalue weighted by Gasteiger charge is -2.09. The van der Waals surface area contributed by atoms with Gasteiger partial charge >= 0.3 is 6.09 Å². The maximum absolute atomic E-state index is 10.7. The van der Waals surface area contributed by atoms with Gasteiger partial charge in [0, 0.05) is 18.2 Å². The number of hydroxylamine groups is 2. The summed E-state index contributed by atoms with van der Waals surface area (Å²) in [6.45, 7) is 0. The second-order valence-electron chi connectivity index (χ2n) is 3.95. The van der Waals surface area contributed by atoms with E-state index in [1.165, 1.54) is 0 Å². The molecule has 0 radical (unpaired) electrons. The summed E-state index contributed by atoms with van der Waals surface area (Å²) in [6, 6.07) is 8.01. The summed E-state index contributed by atoms with van der Waals surface area (Å²) in [7, 11) is 0. The van der Waals surface area contributed by atoms with Gasteiger partial charge in [-0.25, -0.2) is 4.79 Å². The van der Waals surface area contributed by atoms with E-state index >= 15 is 0 Å². The molecule has 1 aliphatic rings. The van der Waals surface area contributed by atoms with E-state index in [0.717, 1.165) is 10.9 Å². The van der Waals surface area contributed by atoms with Crippen molar-refractivity contribution < 1.29 is 19.2 Å². The van der Waals surface area contributed by atoms with Crippen molar-refractivity contribution in [1.29, 1.82) is 0 Å². The molecule has 0 saturated carbocycles. The van der Waals surface area contributed by atoms with Gasteiger partial charge in [0.15, 0.2) is 0 Å². The zero-order valence-corrected chi connectivity index (χ0v) is 10.4. The number of primary amides is 1. The Bertz CT molecular complexity index is 605. The first kappa shape index (κ1) is 13.5. The van der Waals surface area contributed by atoms with Gasteiger partial charge in [-0.05, 0) is 6.07 Å². The molecule has 3 N–H and O–H groups in total. The minimum absolute atomic E-state index is 0.0755. The van der Waals surface area contributed by atoms with Crippen molar-refractivity contribution in [3.05, 3.63) is 30.5 Å². The standard InChI is InChI=1S/C7H6N2.C5H6N2O4/c1-2-4-7-6(3-1)5-8-9-7;6-5(10)11-7-3(8)1-2-4(7)9/h1-5H,(H,8,9);1-2H2,(H2,6,10). The molecule has 0 bridgehead atoms. The lowest BCUT2D eigenvalue weighted by molar-refractivity contribution is -0.170. The van der Waals surface area contributed by atoms with E-state index in [0.29, 0.717) is 5.06 Å². The first-order valence-electron chi connectivity index (χ1n) is 5.79. The molecule has 8 heteroatoms. The van der Waals surface area contributed by atoms with Crippen molar-refractivity contribution in [3.8, 4) is 0 Å². The number of rotatable bonds is 1. The van der Waals surface area contributed by atoms with Crippen molar-refractivity contribution in [1.82, 2.24) is 15.3 Å². The quantitative estimate of drug-likeness (QED) is 0.743. The lowest BCUT2D eigenvalue weighted by atomic mass is 10.3. The highest BCUT2D eigenvalue weighted by atomic mass is 16.7. The van der Waals surface area contributed by atoms with Gasteiger partial charge in [-0.3, -0.25) is 14.7 Å². The van der Waals surface area contributed by atoms with Crippen LogP contribution in [0.4, 0.5) is 4.79 Å². The van der Waals surface area contributed by atoms with E-state index in [-0.39, 0.29) is 12.8 Å². The molecule has 1 saturated heterocycles. The van der Waals surface area contributed by atoms with E-state index in [9.17, 15) is 14.4 Å². The minimum atomic E-state index is -1.16. The number of fused-ring (bicyclic) bond motifs is 1. The number of nitrogens with zero attached hydrogens (tertiary/aromatic N) is 2. The van der Waals surface area contributed by atoms with Crippen LogP contribution in [0, 0.1) is 0 Å². The molecule has 8 nitrogen and oxygen atoms in total. The van der Waals surface area contributed by atoms with E-state index in [1.807, 2.05) is 30.5 Å². The SMILES string of the molecule is NC(=O)ON1C(=O)CCC1=O.c1ccc2[nH]ncc2c1. The number of hydrogen-bond acceptors (Lipinski definition) is 5. The normalized spacial score (nSPS) is 14.1. The third-order valence-electron chi connectivity index (χ3n) is 2.54. The maximum atomic E-state index is 10.7. The van der Waals surface area contributed by atoms with Crippen molar-refractivity contribution in [2.24, 2.45) is 5.73 Å². The Morgan fingerprint density at radius 2 is 1.90 bits per heavy atom. The number of amides is 3. The molecule has 1 aromatic carbocycles. The molecule has 0 unspecified atom stereocenters. The number of imide groups is 1. The van der Waals surface area contributed by atoms with Gasteiger partial charge in [-0.15, -0.1) is 5.06 Å². The molecule has 2 heterocycles. The summed E-state index contributed by atoms with van der Waals surface area (Å²) in [6.07, 6.45) is 0.807. The summed E-state index contributed by atoms with van der Waals surface area (Å²) >= 11 is 0. The van der Waals surface area contributed by atoms with E-state index in [2.05, 4.69) is 20.8 Å². The third kappa shape index (κ3) is 3.10. The van der Waals surface area contributed by atoms with Crippen LogP contribution in [-0.2, 0) is 14.4 Å². The molecule has 2 aromatic rings. The van der Waals surface area contributed by atoms with Gasteiger partial charge in [0.1, 0.15) is 0 Å². The predicted molar refractivity (Wildman–Crippen MR) is 67.8 cm³/mol. The van der Waals surface area contributed by atoms with Crippen LogP contribution < -0.4 is 5.73 Å². The first-order chi connectivity index (χ1) is 9.58. The highest BCUT2D eigenvalue weighted by Crippen LogP contribution is 2.11. The number of nitrogens with two attached hydrogens (primary N) is 1. The van der Waals surface area contributed by atoms with Crippen molar-refractivity contribution in [2.45, 2.75) is 12.8 Å². The van der Waals surface area contributed by atoms with Crippen LogP contribution >= 0.6 is 0 Å². The first-order valence-corrected chi connectivity index (χ1v) is 5.79. The number of aromatic nitrogens is 2. The molecule has 1 aliphatic heterocycles. The van der Waals surface area contributed by atoms with Gasteiger partial charge in [-0.1, -0.05) is 18.2 Å². The molecule has 0 atom stereocenters. The van der Waals surface area contributed by atoms with Crippen LogP contribution in [-0.4, -0.2) is 33.2 Å². The van der Waals surface area contributed by atoms with Gasteiger partial charge in [0.2, 0.25) is 0 Å². The molecule has 0 aliphatic carbocycles. The molecule has 104 valence electrons. The van der Waals surface area contributed by atoms with Crippen LogP contribution in [0.5, 0.6) is 0 Å². The molecular weight excluding hydrogens is 264 g/mol. The second kappa shape index (κ2) is 5.83. The fourth-order valence-corrected chi connectivity index (χ4v) is 1.63. The van der Waals surface area contributed by atoms with Crippen molar-refractivity contribution in [3.63, 3.8) is 0 Å². The number of carbonyl (C=O) groups is 3. The van der Waals surface area contributed by atoms with Gasteiger partial charge in [0.25, 0.3) is 11.8 Å². The number of nitrogens with one attached hydrogen (secondary N) is 1. The van der Waals surface area contributed by atoms with Crippen LogP contribution in [0.2, 0.25) is 0 Å². The van der Waals surface area contributed by atoms with Crippen LogP contribution in [0.3, 0.4) is 0 Å². The van der Waals surface area contributed by atoms with Gasteiger partial charge in [-0.2, -0.15) is 5.10 Å². The average molecular weight is 276 g/mol. The fraction of sp³-hybridized carbons (Fsp3) is 0.167. The fourth-order valence-electron chi connectivity index (χ4n) is 1.63. The number of carbonyl (C=O) groups excluding carboxylic acids is 3. The summed E-state index contributed by atoms with van der Waals surface area (Å²) in [5.74, 6) is -1.07. The Morgan fingerprint density at radius 1 is 1.25 bits per heavy atom. The molecule has 3 rings (SSSR count). The van der Waals surface area contributed by atoms with Crippen LogP contribution in [0.1, 0.15) is 12.8 Å². The zero-order valence-electron chi connectivity index (χ0n) is 10.4. The average Bonchev–Trinajstić information content (AvgIpc) is 3.01. The van der Waals surface area contributed by atoms with Gasteiger partial charge < -0.3 is 10.6 Å². The van der Waals surface area contributed by atoms with E-state index < -0.39 is 17.9 Å². The number of para-hydroxylation sites is 1. The highest BCUT2D eigenvalue weighted by Gasteiger charge is 2.32. The lowest BCUT2D eigenvalue weighted by Crippen LogP contribution is -2.34. The summed E-state index contributed by atoms with van der Waals surface area (Å²) in [5, 5.41) is 8.30. The molecule has 0 spiro atoms.